The zero-order valence-corrected chi connectivity index (χ0v) is 10.4. The molecule has 1 aromatic rings. The van der Waals surface area contributed by atoms with Gasteiger partial charge in [0, 0.05) is 24.4 Å². The molecule has 0 aliphatic carbocycles. The Kier molecular flexibility index (Phi) is 3.70. The van der Waals surface area contributed by atoms with E-state index >= 15 is 0 Å². The summed E-state index contributed by atoms with van der Waals surface area (Å²) in [5, 5.41) is 9.04. The van der Waals surface area contributed by atoms with Crippen LogP contribution in [0.4, 0.5) is 0 Å². The predicted octanol–water partition coefficient (Wildman–Crippen LogP) is 1.91. The summed E-state index contributed by atoms with van der Waals surface area (Å²) in [6.45, 7) is 4.17. The van der Waals surface area contributed by atoms with Crippen molar-refractivity contribution in [1.29, 1.82) is 5.26 Å². The molecule has 4 nitrogen and oxygen atoms in total. The van der Waals surface area contributed by atoms with E-state index in [9.17, 15) is 0 Å². The minimum Gasteiger partial charge on any atom is -0.306 e. The maximum absolute atomic E-state index is 9.04. The van der Waals surface area contributed by atoms with Crippen molar-refractivity contribution in [2.75, 3.05) is 20.1 Å². The van der Waals surface area contributed by atoms with Gasteiger partial charge in [-0.05, 0) is 32.5 Å². The molecule has 90 valence electrons. The van der Waals surface area contributed by atoms with Crippen molar-refractivity contribution in [3.63, 3.8) is 0 Å². The van der Waals surface area contributed by atoms with Crippen molar-refractivity contribution in [3.05, 3.63) is 23.8 Å². The molecule has 4 heteroatoms. The lowest BCUT2D eigenvalue weighted by atomic mass is 10.0. The molecule has 0 N–H and O–H groups in total. The highest BCUT2D eigenvalue weighted by Crippen LogP contribution is 2.25. The normalized spacial score (nSPS) is 22.3. The molecule has 1 fully saturated rings. The maximum Gasteiger partial charge on any atom is 0.145 e. The van der Waals surface area contributed by atoms with Gasteiger partial charge in [-0.1, -0.05) is 6.92 Å². The van der Waals surface area contributed by atoms with Crippen LogP contribution in [0.3, 0.4) is 0 Å². The summed E-state index contributed by atoms with van der Waals surface area (Å²) >= 11 is 0. The Morgan fingerprint density at radius 2 is 2.47 bits per heavy atom. The fourth-order valence-corrected chi connectivity index (χ4v) is 2.29. The molecule has 2 heterocycles. The summed E-state index contributed by atoms with van der Waals surface area (Å²) in [6.07, 6.45) is 3.71. The van der Waals surface area contributed by atoms with Crippen molar-refractivity contribution in [3.8, 4) is 6.07 Å². The highest BCUT2D eigenvalue weighted by Gasteiger charge is 2.23. The van der Waals surface area contributed by atoms with Gasteiger partial charge in [0.25, 0.3) is 0 Å². The summed E-state index contributed by atoms with van der Waals surface area (Å²) in [6, 6.07) is 4.24. The number of hydrogen-bond donors (Lipinski definition) is 0. The van der Waals surface area contributed by atoms with Gasteiger partial charge in [-0.2, -0.15) is 5.26 Å². The highest BCUT2D eigenvalue weighted by molar-refractivity contribution is 5.15. The molecule has 2 atom stereocenters. The molecule has 17 heavy (non-hydrogen) atoms. The molecule has 0 radical (unpaired) electrons. The van der Waals surface area contributed by atoms with Crippen LogP contribution in [-0.2, 0) is 0 Å². The monoisotopic (exact) mass is 230 g/mol. The van der Waals surface area contributed by atoms with Gasteiger partial charge < -0.3 is 4.90 Å². The Balaban J connectivity index is 2.20. The molecule has 0 aromatic carbocycles. The summed E-state index contributed by atoms with van der Waals surface area (Å²) < 4.78 is 0. The molecule has 0 saturated carbocycles. The lowest BCUT2D eigenvalue weighted by molar-refractivity contribution is 0.410. The standard InChI is InChI=1S/C13H18N4/c1-3-10(8-14)13-15-6-4-12(16-13)11-5-7-17(2)9-11/h4,6,10-11H,3,5,7,9H2,1-2H3. The third-order valence-electron chi connectivity index (χ3n) is 3.38. The van der Waals surface area contributed by atoms with Crippen molar-refractivity contribution >= 4 is 0 Å². The van der Waals surface area contributed by atoms with Gasteiger partial charge in [0.05, 0.1) is 6.07 Å². The molecule has 0 bridgehead atoms. The first-order chi connectivity index (χ1) is 8.24. The van der Waals surface area contributed by atoms with Crippen LogP contribution in [0.1, 0.15) is 43.1 Å². The number of hydrogen-bond acceptors (Lipinski definition) is 4. The molecule has 0 spiro atoms. The Hall–Kier alpha value is -1.47. The number of likely N-dealkylation sites (N-methyl/N-ethyl adjacent to an activating group) is 1. The number of nitrogens with zero attached hydrogens (tertiary/aromatic N) is 4. The second-order valence-corrected chi connectivity index (χ2v) is 4.68. The molecule has 2 unspecified atom stereocenters. The summed E-state index contributed by atoms with van der Waals surface area (Å²) in [5.74, 6) is 1.01. The van der Waals surface area contributed by atoms with Crippen LogP contribution < -0.4 is 0 Å². The summed E-state index contributed by atoms with van der Waals surface area (Å²) in [5.41, 5.74) is 1.09. The maximum atomic E-state index is 9.04. The lowest BCUT2D eigenvalue weighted by Gasteiger charge is -2.12. The first-order valence-corrected chi connectivity index (χ1v) is 6.15. The molecular weight excluding hydrogens is 212 g/mol. The van der Waals surface area contributed by atoms with Gasteiger partial charge in [0.15, 0.2) is 0 Å². The number of rotatable bonds is 3. The molecular formula is C13H18N4. The van der Waals surface area contributed by atoms with Gasteiger partial charge in [-0.15, -0.1) is 0 Å². The quantitative estimate of drug-likeness (QED) is 0.796. The largest absolute Gasteiger partial charge is 0.306 e. The van der Waals surface area contributed by atoms with E-state index in [-0.39, 0.29) is 5.92 Å². The molecule has 0 amide bonds. The third-order valence-corrected chi connectivity index (χ3v) is 3.38. The van der Waals surface area contributed by atoms with E-state index in [1.807, 2.05) is 13.0 Å². The molecule has 1 saturated heterocycles. The van der Waals surface area contributed by atoms with Crippen LogP contribution in [0.5, 0.6) is 0 Å². The minimum atomic E-state index is -0.172. The molecule has 1 aromatic heterocycles. The lowest BCUT2D eigenvalue weighted by Crippen LogP contribution is -2.14. The van der Waals surface area contributed by atoms with Crippen molar-refractivity contribution in [2.24, 2.45) is 0 Å². The van der Waals surface area contributed by atoms with Crippen LogP contribution in [0.15, 0.2) is 12.3 Å². The van der Waals surface area contributed by atoms with E-state index in [1.165, 1.54) is 0 Å². The van der Waals surface area contributed by atoms with Crippen LogP contribution in [0.25, 0.3) is 0 Å². The Labute approximate surface area is 102 Å². The molecule has 1 aliphatic heterocycles. The number of aromatic nitrogens is 2. The first kappa shape index (κ1) is 12.0. The van der Waals surface area contributed by atoms with E-state index < -0.39 is 0 Å². The highest BCUT2D eigenvalue weighted by atomic mass is 15.1. The van der Waals surface area contributed by atoms with Crippen LogP contribution in [0.2, 0.25) is 0 Å². The third kappa shape index (κ3) is 2.62. The van der Waals surface area contributed by atoms with E-state index in [4.69, 9.17) is 5.26 Å². The van der Waals surface area contributed by atoms with Gasteiger partial charge in [0.1, 0.15) is 11.7 Å². The predicted molar refractivity (Wildman–Crippen MR) is 65.5 cm³/mol. The average molecular weight is 230 g/mol. The van der Waals surface area contributed by atoms with Crippen molar-refractivity contribution in [1.82, 2.24) is 14.9 Å². The Bertz CT molecular complexity index is 424. The first-order valence-electron chi connectivity index (χ1n) is 6.15. The van der Waals surface area contributed by atoms with E-state index in [2.05, 4.69) is 28.0 Å². The average Bonchev–Trinajstić information content (AvgIpc) is 2.78. The van der Waals surface area contributed by atoms with E-state index in [0.717, 1.165) is 31.6 Å². The van der Waals surface area contributed by atoms with Crippen LogP contribution in [0, 0.1) is 11.3 Å². The van der Waals surface area contributed by atoms with Crippen LogP contribution >= 0.6 is 0 Å². The second kappa shape index (κ2) is 5.24. The van der Waals surface area contributed by atoms with Gasteiger partial charge in [-0.3, -0.25) is 0 Å². The van der Waals surface area contributed by atoms with E-state index in [0.29, 0.717) is 11.7 Å². The fourth-order valence-electron chi connectivity index (χ4n) is 2.29. The fraction of sp³-hybridized carbons (Fsp3) is 0.615. The summed E-state index contributed by atoms with van der Waals surface area (Å²) in [7, 11) is 2.13. The van der Waals surface area contributed by atoms with Crippen LogP contribution in [-0.4, -0.2) is 35.0 Å². The van der Waals surface area contributed by atoms with Gasteiger partial charge in [0.2, 0.25) is 0 Å². The zero-order valence-electron chi connectivity index (χ0n) is 10.4. The van der Waals surface area contributed by atoms with Gasteiger partial charge >= 0.3 is 0 Å². The Morgan fingerprint density at radius 1 is 1.65 bits per heavy atom. The minimum absolute atomic E-state index is 0.172. The van der Waals surface area contributed by atoms with Gasteiger partial charge in [-0.25, -0.2) is 9.97 Å². The van der Waals surface area contributed by atoms with Crippen molar-refractivity contribution < 1.29 is 0 Å². The molecule has 2 rings (SSSR count). The Morgan fingerprint density at radius 3 is 3.06 bits per heavy atom. The van der Waals surface area contributed by atoms with Crippen molar-refractivity contribution in [2.45, 2.75) is 31.6 Å². The SMILES string of the molecule is CCC(C#N)c1nccc(C2CCN(C)C2)n1. The smallest absolute Gasteiger partial charge is 0.145 e. The second-order valence-electron chi connectivity index (χ2n) is 4.68. The number of likely N-dealkylation sites (tertiary alicyclic amines) is 1. The number of nitriles is 1. The summed E-state index contributed by atoms with van der Waals surface area (Å²) in [4.78, 5) is 11.1. The van der Waals surface area contributed by atoms with E-state index in [1.54, 1.807) is 6.20 Å². The zero-order chi connectivity index (χ0) is 12.3. The topological polar surface area (TPSA) is 52.8 Å². The molecule has 1 aliphatic rings.